The molecule has 90 valence electrons. The molecule has 0 amide bonds. The van der Waals surface area contributed by atoms with E-state index in [0.29, 0.717) is 6.04 Å². The predicted molar refractivity (Wildman–Crippen MR) is 64.5 cm³/mol. The molecule has 1 aliphatic carbocycles. The lowest BCUT2D eigenvalue weighted by atomic mass is 10.4. The molecule has 4 nitrogen and oxygen atoms in total. The van der Waals surface area contributed by atoms with Crippen molar-refractivity contribution in [3.05, 3.63) is 12.0 Å². The molecule has 1 heterocycles. The van der Waals surface area contributed by atoms with Crippen LogP contribution in [0.4, 0.5) is 6.01 Å². The van der Waals surface area contributed by atoms with Crippen LogP contribution in [-0.4, -0.2) is 24.1 Å². The van der Waals surface area contributed by atoms with Gasteiger partial charge in [0.1, 0.15) is 6.26 Å². The van der Waals surface area contributed by atoms with Crippen molar-refractivity contribution in [1.29, 1.82) is 0 Å². The number of anilines is 1. The predicted octanol–water partition coefficient (Wildman–Crippen LogP) is 2.16. The molecule has 1 aromatic heterocycles. The summed E-state index contributed by atoms with van der Waals surface area (Å²) in [5, 5.41) is 3.25. The van der Waals surface area contributed by atoms with Crippen LogP contribution in [0.2, 0.25) is 0 Å². The van der Waals surface area contributed by atoms with Gasteiger partial charge in [0.15, 0.2) is 0 Å². The van der Waals surface area contributed by atoms with Crippen molar-refractivity contribution in [2.45, 2.75) is 45.7 Å². The van der Waals surface area contributed by atoms with Crippen molar-refractivity contribution in [2.24, 2.45) is 0 Å². The Kier molecular flexibility index (Phi) is 3.83. The van der Waals surface area contributed by atoms with Gasteiger partial charge < -0.3 is 14.6 Å². The topological polar surface area (TPSA) is 41.3 Å². The van der Waals surface area contributed by atoms with Crippen molar-refractivity contribution in [2.75, 3.05) is 18.0 Å². The first-order valence-corrected chi connectivity index (χ1v) is 6.27. The fourth-order valence-electron chi connectivity index (χ4n) is 1.82. The summed E-state index contributed by atoms with van der Waals surface area (Å²) >= 11 is 0. The van der Waals surface area contributed by atoms with Crippen LogP contribution in [0.25, 0.3) is 0 Å². The zero-order valence-corrected chi connectivity index (χ0v) is 10.2. The van der Waals surface area contributed by atoms with Crippen molar-refractivity contribution in [3.8, 4) is 0 Å². The van der Waals surface area contributed by atoms with E-state index in [0.717, 1.165) is 37.8 Å². The van der Waals surface area contributed by atoms with Crippen LogP contribution in [0.3, 0.4) is 0 Å². The average Bonchev–Trinajstić information content (AvgIpc) is 3.02. The summed E-state index contributed by atoms with van der Waals surface area (Å²) < 4.78 is 5.55. The first-order valence-electron chi connectivity index (χ1n) is 6.27. The Morgan fingerprint density at radius 1 is 1.50 bits per heavy atom. The summed E-state index contributed by atoms with van der Waals surface area (Å²) in [6.45, 7) is 7.09. The number of hydrogen-bond donors (Lipinski definition) is 1. The van der Waals surface area contributed by atoms with E-state index in [2.05, 4.69) is 29.0 Å². The van der Waals surface area contributed by atoms with Crippen LogP contribution in [-0.2, 0) is 6.54 Å². The Morgan fingerprint density at radius 3 is 2.94 bits per heavy atom. The van der Waals surface area contributed by atoms with Crippen molar-refractivity contribution < 1.29 is 4.42 Å². The van der Waals surface area contributed by atoms with E-state index >= 15 is 0 Å². The molecule has 1 aliphatic rings. The van der Waals surface area contributed by atoms with Gasteiger partial charge in [-0.2, -0.15) is 4.98 Å². The van der Waals surface area contributed by atoms with Crippen LogP contribution >= 0.6 is 0 Å². The molecule has 0 unspecified atom stereocenters. The number of rotatable bonds is 7. The van der Waals surface area contributed by atoms with Crippen LogP contribution < -0.4 is 10.2 Å². The Hall–Kier alpha value is -1.03. The average molecular weight is 223 g/mol. The third-order valence-electron chi connectivity index (χ3n) is 2.79. The van der Waals surface area contributed by atoms with E-state index in [1.54, 1.807) is 6.26 Å². The maximum atomic E-state index is 5.55. The van der Waals surface area contributed by atoms with Gasteiger partial charge in [0.2, 0.25) is 0 Å². The summed E-state index contributed by atoms with van der Waals surface area (Å²) in [5.74, 6) is 0. The normalized spacial score (nSPS) is 15.4. The molecule has 16 heavy (non-hydrogen) atoms. The quantitative estimate of drug-likeness (QED) is 0.769. The smallest absolute Gasteiger partial charge is 0.297 e. The lowest BCUT2D eigenvalue weighted by Gasteiger charge is -2.18. The summed E-state index contributed by atoms with van der Waals surface area (Å²) in [6, 6.07) is 1.47. The van der Waals surface area contributed by atoms with Gasteiger partial charge in [0, 0.05) is 19.1 Å². The van der Waals surface area contributed by atoms with Crippen molar-refractivity contribution >= 4 is 6.01 Å². The number of hydrogen-bond acceptors (Lipinski definition) is 4. The fraction of sp³-hybridized carbons (Fsp3) is 0.750. The number of aromatic nitrogens is 1. The molecule has 2 rings (SSSR count). The van der Waals surface area contributed by atoms with E-state index in [1.807, 2.05) is 0 Å². The molecule has 1 aromatic rings. The highest BCUT2D eigenvalue weighted by Crippen LogP contribution is 2.31. The molecular formula is C12H21N3O. The number of nitrogens with one attached hydrogen (secondary N) is 1. The highest BCUT2D eigenvalue weighted by atomic mass is 16.4. The van der Waals surface area contributed by atoms with Gasteiger partial charge in [-0.25, -0.2) is 0 Å². The zero-order valence-electron chi connectivity index (χ0n) is 10.2. The zero-order chi connectivity index (χ0) is 11.4. The van der Waals surface area contributed by atoms with Crippen LogP contribution in [0, 0.1) is 0 Å². The lowest BCUT2D eigenvalue weighted by Crippen LogP contribution is -2.26. The molecule has 0 saturated heterocycles. The van der Waals surface area contributed by atoms with Gasteiger partial charge in [-0.15, -0.1) is 0 Å². The standard InChI is InChI=1S/C12H21N3O/c1-3-7-15(11-5-6-11)12-14-10(9-16-12)8-13-4-2/h9,11,13H,3-8H2,1-2H3. The molecule has 0 bridgehead atoms. The summed E-state index contributed by atoms with van der Waals surface area (Å²) in [6.07, 6.45) is 5.47. The van der Waals surface area contributed by atoms with Gasteiger partial charge in [-0.1, -0.05) is 13.8 Å². The number of nitrogens with zero attached hydrogens (tertiary/aromatic N) is 2. The molecule has 1 saturated carbocycles. The third-order valence-corrected chi connectivity index (χ3v) is 2.79. The highest BCUT2D eigenvalue weighted by Gasteiger charge is 2.31. The molecule has 0 spiro atoms. The molecule has 0 aromatic carbocycles. The molecule has 0 radical (unpaired) electrons. The Labute approximate surface area is 97.0 Å². The maximum absolute atomic E-state index is 5.55. The molecular weight excluding hydrogens is 202 g/mol. The van der Waals surface area contributed by atoms with E-state index in [-0.39, 0.29) is 0 Å². The lowest BCUT2D eigenvalue weighted by molar-refractivity contribution is 0.527. The first kappa shape index (κ1) is 11.5. The van der Waals surface area contributed by atoms with Crippen molar-refractivity contribution in [3.63, 3.8) is 0 Å². The van der Waals surface area contributed by atoms with E-state index in [4.69, 9.17) is 4.42 Å². The SMILES string of the molecule is CCCN(c1nc(CNCC)co1)C1CC1. The Morgan fingerprint density at radius 2 is 2.31 bits per heavy atom. The van der Waals surface area contributed by atoms with E-state index in [9.17, 15) is 0 Å². The fourth-order valence-corrected chi connectivity index (χ4v) is 1.82. The molecule has 1 N–H and O–H groups in total. The largest absolute Gasteiger partial charge is 0.432 e. The monoisotopic (exact) mass is 223 g/mol. The van der Waals surface area contributed by atoms with Crippen LogP contribution in [0.15, 0.2) is 10.7 Å². The minimum atomic E-state index is 0.672. The highest BCUT2D eigenvalue weighted by molar-refractivity contribution is 5.31. The second-order valence-corrected chi connectivity index (χ2v) is 4.33. The van der Waals surface area contributed by atoms with E-state index in [1.165, 1.54) is 12.8 Å². The molecule has 1 fully saturated rings. The summed E-state index contributed by atoms with van der Waals surface area (Å²) in [7, 11) is 0. The molecule has 0 atom stereocenters. The number of oxazole rings is 1. The maximum Gasteiger partial charge on any atom is 0.297 e. The minimum absolute atomic E-state index is 0.672. The van der Waals surface area contributed by atoms with Crippen LogP contribution in [0.1, 0.15) is 38.8 Å². The van der Waals surface area contributed by atoms with Gasteiger partial charge in [0.25, 0.3) is 6.01 Å². The van der Waals surface area contributed by atoms with Gasteiger partial charge in [0.05, 0.1) is 5.69 Å². The Balaban J connectivity index is 1.97. The Bertz CT molecular complexity index is 320. The molecule has 0 aliphatic heterocycles. The second-order valence-electron chi connectivity index (χ2n) is 4.33. The summed E-state index contributed by atoms with van der Waals surface area (Å²) in [5.41, 5.74) is 0.999. The minimum Gasteiger partial charge on any atom is -0.432 e. The summed E-state index contributed by atoms with van der Waals surface area (Å²) in [4.78, 5) is 6.83. The molecule has 4 heteroatoms. The van der Waals surface area contributed by atoms with Gasteiger partial charge >= 0.3 is 0 Å². The third kappa shape index (κ3) is 2.76. The van der Waals surface area contributed by atoms with E-state index < -0.39 is 0 Å². The second kappa shape index (κ2) is 5.34. The van der Waals surface area contributed by atoms with Crippen LogP contribution in [0.5, 0.6) is 0 Å². The van der Waals surface area contributed by atoms with Crippen molar-refractivity contribution in [1.82, 2.24) is 10.3 Å². The first-order chi connectivity index (χ1) is 7.85. The van der Waals surface area contributed by atoms with Gasteiger partial charge in [-0.05, 0) is 25.8 Å². The van der Waals surface area contributed by atoms with Gasteiger partial charge in [-0.3, -0.25) is 0 Å².